The molecule has 13 heteroatoms. The highest BCUT2D eigenvalue weighted by Crippen LogP contribution is 2.31. The van der Waals surface area contributed by atoms with E-state index in [2.05, 4.69) is 10.2 Å². The summed E-state index contributed by atoms with van der Waals surface area (Å²) in [6, 6.07) is 12.4. The zero-order chi connectivity index (χ0) is 30.9. The Bertz CT molecular complexity index is 1300. The summed E-state index contributed by atoms with van der Waals surface area (Å²) in [5.74, 6) is -0.491. The topological polar surface area (TPSA) is 138 Å². The lowest BCUT2D eigenvalue weighted by molar-refractivity contribution is -0.135. The van der Waals surface area contributed by atoms with Gasteiger partial charge in [0.1, 0.15) is 11.6 Å². The van der Waals surface area contributed by atoms with Crippen LogP contribution >= 0.6 is 11.6 Å². The van der Waals surface area contributed by atoms with Gasteiger partial charge in [0.2, 0.25) is 0 Å². The summed E-state index contributed by atoms with van der Waals surface area (Å²) in [6.07, 6.45) is -2.89. The average molecular weight is 609 g/mol. The first kappa shape index (κ1) is 32.9. The van der Waals surface area contributed by atoms with Crippen LogP contribution in [0.25, 0.3) is 0 Å². The largest absolute Gasteiger partial charge is 0.508 e. The van der Waals surface area contributed by atoms with Gasteiger partial charge in [0.15, 0.2) is 0 Å². The summed E-state index contributed by atoms with van der Waals surface area (Å²) in [6.45, 7) is 0.914. The van der Waals surface area contributed by atoms with Gasteiger partial charge in [-0.1, -0.05) is 29.8 Å². The SMILES string of the molecule is CO.N=C(c1ccc(O)cc1)N(CCC(F)(F)F)C(=O)NC/C(N)=C1\CCN(C2CC2)CC1=NCc1ccccc1Cl. The number of nitrogens with two attached hydrogens (primary N) is 1. The maximum absolute atomic E-state index is 13.0. The maximum Gasteiger partial charge on any atom is 0.390 e. The fraction of sp³-hybridized carbons (Fsp3) is 0.414. The molecule has 1 saturated carbocycles. The second kappa shape index (κ2) is 15.0. The van der Waals surface area contributed by atoms with Crippen molar-refractivity contribution in [3.05, 3.63) is 76.0 Å². The van der Waals surface area contributed by atoms with Crippen LogP contribution in [-0.2, 0) is 6.54 Å². The van der Waals surface area contributed by atoms with Gasteiger partial charge in [0.25, 0.3) is 0 Å². The van der Waals surface area contributed by atoms with E-state index < -0.39 is 31.0 Å². The first-order chi connectivity index (χ1) is 20.0. The van der Waals surface area contributed by atoms with Gasteiger partial charge in [-0.15, -0.1) is 0 Å². The van der Waals surface area contributed by atoms with Gasteiger partial charge >= 0.3 is 12.2 Å². The number of benzene rings is 2. The number of carbonyl (C=O) groups is 1. The first-order valence-electron chi connectivity index (χ1n) is 13.5. The minimum Gasteiger partial charge on any atom is -0.508 e. The van der Waals surface area contributed by atoms with Crippen molar-refractivity contribution in [1.82, 2.24) is 15.1 Å². The molecule has 0 unspecified atom stereocenters. The lowest BCUT2D eigenvalue weighted by Gasteiger charge is -2.31. The molecule has 0 bridgehead atoms. The molecular formula is C29H36ClF3N6O3. The molecule has 1 aliphatic heterocycles. The van der Waals surface area contributed by atoms with Crippen LogP contribution in [0.4, 0.5) is 18.0 Å². The molecule has 2 aromatic carbocycles. The number of halogens is 4. The number of nitrogens with one attached hydrogen (secondary N) is 2. The smallest absolute Gasteiger partial charge is 0.390 e. The number of nitrogens with zero attached hydrogens (tertiary/aromatic N) is 3. The molecule has 2 aromatic rings. The minimum atomic E-state index is -4.52. The second-order valence-corrected chi connectivity index (χ2v) is 10.3. The molecule has 2 amide bonds. The number of amidine groups is 1. The number of aliphatic hydroxyl groups excluding tert-OH is 1. The highest BCUT2D eigenvalue weighted by molar-refractivity contribution is 6.31. The highest BCUT2D eigenvalue weighted by atomic mass is 35.5. The van der Waals surface area contributed by atoms with Crippen molar-refractivity contribution >= 4 is 29.2 Å². The van der Waals surface area contributed by atoms with Gasteiger partial charge in [-0.3, -0.25) is 20.2 Å². The van der Waals surface area contributed by atoms with Crippen LogP contribution in [0.3, 0.4) is 0 Å². The Balaban J connectivity index is 0.00000237. The van der Waals surface area contributed by atoms with Crippen LogP contribution in [0.1, 0.15) is 36.8 Å². The molecule has 0 atom stereocenters. The summed E-state index contributed by atoms with van der Waals surface area (Å²) in [7, 11) is 1.00. The Morgan fingerprint density at radius 1 is 1.19 bits per heavy atom. The van der Waals surface area contributed by atoms with Crippen molar-refractivity contribution in [3.63, 3.8) is 0 Å². The molecular weight excluding hydrogens is 573 g/mol. The predicted octanol–water partition coefficient (Wildman–Crippen LogP) is 4.67. The van der Waals surface area contributed by atoms with Crippen molar-refractivity contribution in [2.75, 3.05) is 33.3 Å². The van der Waals surface area contributed by atoms with Crippen molar-refractivity contribution in [1.29, 1.82) is 5.41 Å². The normalized spacial score (nSPS) is 17.7. The fourth-order valence-corrected chi connectivity index (χ4v) is 4.71. The zero-order valence-electron chi connectivity index (χ0n) is 23.3. The zero-order valence-corrected chi connectivity index (χ0v) is 24.0. The van der Waals surface area contributed by atoms with Crippen molar-refractivity contribution in [3.8, 4) is 5.75 Å². The van der Waals surface area contributed by atoms with Crippen molar-refractivity contribution in [2.24, 2.45) is 10.7 Å². The number of aliphatic hydroxyl groups is 1. The lowest BCUT2D eigenvalue weighted by Crippen LogP contribution is -2.46. The average Bonchev–Trinajstić information content (AvgIpc) is 3.82. The Hall–Kier alpha value is -3.61. The van der Waals surface area contributed by atoms with Crippen LogP contribution in [0.2, 0.25) is 5.02 Å². The number of carbonyl (C=O) groups excluding carboxylic acids is 1. The number of phenols is 1. The van der Waals surface area contributed by atoms with Gasteiger partial charge < -0.3 is 21.3 Å². The number of rotatable bonds is 8. The third-order valence-corrected chi connectivity index (χ3v) is 7.27. The van der Waals surface area contributed by atoms with Gasteiger partial charge in [0, 0.05) is 49.1 Å². The van der Waals surface area contributed by atoms with E-state index in [-0.39, 0.29) is 17.9 Å². The molecule has 1 heterocycles. The van der Waals surface area contributed by atoms with Gasteiger partial charge in [-0.25, -0.2) is 4.79 Å². The quantitative estimate of drug-likeness (QED) is 0.219. The molecule has 1 aliphatic carbocycles. The van der Waals surface area contributed by atoms with Crippen LogP contribution in [0, 0.1) is 5.41 Å². The Morgan fingerprint density at radius 2 is 1.86 bits per heavy atom. The summed E-state index contributed by atoms with van der Waals surface area (Å²) in [4.78, 5) is 20.9. The van der Waals surface area contributed by atoms with Crippen molar-refractivity contribution < 1.29 is 28.2 Å². The number of hydrogen-bond acceptors (Lipinski definition) is 7. The number of aromatic hydroxyl groups is 1. The molecule has 4 rings (SSSR count). The Labute approximate surface area is 248 Å². The molecule has 2 aliphatic rings. The Morgan fingerprint density at radius 3 is 2.48 bits per heavy atom. The van der Waals surface area contributed by atoms with E-state index in [1.54, 1.807) is 6.07 Å². The molecule has 1 saturated heterocycles. The van der Waals surface area contributed by atoms with E-state index in [1.165, 1.54) is 24.3 Å². The fourth-order valence-electron chi connectivity index (χ4n) is 4.52. The van der Waals surface area contributed by atoms with E-state index >= 15 is 0 Å². The van der Waals surface area contributed by atoms with E-state index in [1.807, 2.05) is 18.2 Å². The molecule has 0 spiro atoms. The lowest BCUT2D eigenvalue weighted by atomic mass is 9.98. The van der Waals surface area contributed by atoms with E-state index in [9.17, 15) is 23.1 Å². The molecule has 42 heavy (non-hydrogen) atoms. The highest BCUT2D eigenvalue weighted by Gasteiger charge is 2.34. The van der Waals surface area contributed by atoms with Crippen LogP contribution in [0.15, 0.2) is 64.8 Å². The minimum absolute atomic E-state index is 0.0676. The number of piperidine rings is 1. The molecule has 228 valence electrons. The molecule has 6 N–H and O–H groups in total. The van der Waals surface area contributed by atoms with E-state index in [0.29, 0.717) is 36.3 Å². The summed E-state index contributed by atoms with van der Waals surface area (Å²) >= 11 is 6.31. The number of likely N-dealkylation sites (tertiary alicyclic amines) is 1. The number of aliphatic imine (C=N–C) groups is 1. The number of hydrogen-bond donors (Lipinski definition) is 5. The third-order valence-electron chi connectivity index (χ3n) is 6.90. The van der Waals surface area contributed by atoms with E-state index in [0.717, 1.165) is 48.2 Å². The van der Waals surface area contributed by atoms with E-state index in [4.69, 9.17) is 32.8 Å². The maximum atomic E-state index is 13.0. The van der Waals surface area contributed by atoms with Crippen LogP contribution in [0.5, 0.6) is 5.75 Å². The molecule has 9 nitrogen and oxygen atoms in total. The van der Waals surface area contributed by atoms with Gasteiger partial charge in [0.05, 0.1) is 25.2 Å². The van der Waals surface area contributed by atoms with Crippen molar-refractivity contribution in [2.45, 2.75) is 44.4 Å². The third kappa shape index (κ3) is 9.47. The first-order valence-corrected chi connectivity index (χ1v) is 13.8. The Kier molecular flexibility index (Phi) is 11.8. The monoisotopic (exact) mass is 608 g/mol. The van der Waals surface area contributed by atoms with Crippen LogP contribution < -0.4 is 11.1 Å². The van der Waals surface area contributed by atoms with Crippen LogP contribution in [-0.4, -0.2) is 83.1 Å². The number of phenolic OH excluding ortho intramolecular Hbond substituents is 1. The standard InChI is InChI=1S/C28H32ClF3N6O2.CH4O/c29-23-4-2-1-3-19(23)15-35-25-17-37(20-7-8-20)13-11-22(25)24(33)16-36-27(40)38(14-12-28(30,31)32)26(34)18-5-9-21(39)10-6-18;1-2/h1-6,9-10,20,34,39H,7-8,11-17,33H2,(H,36,40);2H,1H3/b24-22-,34-26?,35-25?;. The molecule has 2 fully saturated rings. The molecule has 0 aromatic heterocycles. The number of amides is 2. The second-order valence-electron chi connectivity index (χ2n) is 9.88. The number of alkyl halides is 3. The van der Waals surface area contributed by atoms with Gasteiger partial charge in [-0.05, 0) is 60.7 Å². The number of urea groups is 1. The summed E-state index contributed by atoms with van der Waals surface area (Å²) in [5, 5.41) is 28.1. The van der Waals surface area contributed by atoms with Gasteiger partial charge in [-0.2, -0.15) is 13.2 Å². The summed E-state index contributed by atoms with van der Waals surface area (Å²) in [5.41, 5.74) is 9.46. The molecule has 0 radical (unpaired) electrons. The predicted molar refractivity (Wildman–Crippen MR) is 157 cm³/mol. The summed E-state index contributed by atoms with van der Waals surface area (Å²) < 4.78 is 39.0.